The zero-order valence-electron chi connectivity index (χ0n) is 13.4. The lowest BCUT2D eigenvalue weighted by Gasteiger charge is -2.16. The lowest BCUT2D eigenvalue weighted by Crippen LogP contribution is -2.32. The Hall–Kier alpha value is -2.34. The van der Waals surface area contributed by atoms with Crippen LogP contribution in [0.3, 0.4) is 0 Å². The van der Waals surface area contributed by atoms with Crippen LogP contribution >= 0.6 is 11.8 Å². The van der Waals surface area contributed by atoms with E-state index in [0.717, 1.165) is 4.90 Å². The number of anilines is 1. The number of halogens is 1. The van der Waals surface area contributed by atoms with Gasteiger partial charge in [0.2, 0.25) is 0 Å². The van der Waals surface area contributed by atoms with Gasteiger partial charge in [-0.05, 0) is 44.2 Å². The predicted octanol–water partition coefficient (Wildman–Crippen LogP) is 3.88. The van der Waals surface area contributed by atoms with Crippen molar-refractivity contribution in [1.29, 1.82) is 0 Å². The molecule has 0 saturated heterocycles. The molecule has 0 unspecified atom stereocenters. The van der Waals surface area contributed by atoms with E-state index in [1.807, 2.05) is 30.3 Å². The molecule has 0 radical (unpaired) electrons. The zero-order chi connectivity index (χ0) is 17.5. The third kappa shape index (κ3) is 5.38. The van der Waals surface area contributed by atoms with E-state index in [0.29, 0.717) is 5.69 Å². The molecule has 4 nitrogen and oxygen atoms in total. The summed E-state index contributed by atoms with van der Waals surface area (Å²) < 4.78 is 18.3. The molecule has 0 aliphatic heterocycles. The first-order valence-electron chi connectivity index (χ1n) is 7.44. The van der Waals surface area contributed by atoms with Gasteiger partial charge in [-0.1, -0.05) is 24.3 Å². The Labute approximate surface area is 144 Å². The van der Waals surface area contributed by atoms with E-state index < -0.39 is 29.0 Å². The Balaban J connectivity index is 1.87. The van der Waals surface area contributed by atoms with Gasteiger partial charge in [0, 0.05) is 10.6 Å². The number of carbonyl (C=O) groups excluding carboxylic acids is 2. The van der Waals surface area contributed by atoms with E-state index in [9.17, 15) is 14.0 Å². The van der Waals surface area contributed by atoms with Crippen LogP contribution in [0.2, 0.25) is 0 Å². The molecule has 0 fully saturated rings. The highest BCUT2D eigenvalue weighted by Gasteiger charge is 2.22. The zero-order valence-corrected chi connectivity index (χ0v) is 14.2. The lowest BCUT2D eigenvalue weighted by molar-refractivity contribution is -0.152. The van der Waals surface area contributed by atoms with Crippen molar-refractivity contribution in [2.75, 3.05) is 5.32 Å². The van der Waals surface area contributed by atoms with Gasteiger partial charge in [-0.25, -0.2) is 4.39 Å². The van der Waals surface area contributed by atoms with Crippen LogP contribution in [0, 0.1) is 5.82 Å². The van der Waals surface area contributed by atoms with Crippen molar-refractivity contribution in [3.05, 3.63) is 60.4 Å². The molecule has 6 heteroatoms. The molecule has 0 bridgehead atoms. The maximum Gasteiger partial charge on any atom is 0.319 e. The number of ether oxygens (including phenoxy) is 1. The third-order valence-electron chi connectivity index (χ3n) is 3.14. The maximum absolute atomic E-state index is 13.1. The number of rotatable bonds is 6. The van der Waals surface area contributed by atoms with E-state index in [4.69, 9.17) is 4.74 Å². The summed E-state index contributed by atoms with van der Waals surface area (Å²) in [5, 5.41) is 2.07. The average Bonchev–Trinajstić information content (AvgIpc) is 2.55. The molecule has 0 saturated carbocycles. The van der Waals surface area contributed by atoms with Gasteiger partial charge in [0.05, 0.1) is 0 Å². The van der Waals surface area contributed by atoms with Crippen molar-refractivity contribution >= 4 is 29.3 Å². The standard InChI is InChI=1S/C18H18FNO3S/c1-12(17(21)20-15-8-6-7-14(19)11-15)23-18(22)13(2)24-16-9-4-3-5-10-16/h3-13H,1-2H3,(H,20,21)/t12-,13-/m1/s1. The van der Waals surface area contributed by atoms with Crippen LogP contribution in [-0.4, -0.2) is 23.2 Å². The Bertz CT molecular complexity index is 708. The van der Waals surface area contributed by atoms with Crippen LogP contribution in [0.25, 0.3) is 0 Å². The third-order valence-corrected chi connectivity index (χ3v) is 4.23. The van der Waals surface area contributed by atoms with Crippen molar-refractivity contribution < 1.29 is 18.7 Å². The summed E-state index contributed by atoms with van der Waals surface area (Å²) in [5.41, 5.74) is 0.314. The molecule has 0 spiro atoms. The van der Waals surface area contributed by atoms with Crippen LogP contribution in [0.5, 0.6) is 0 Å². The minimum Gasteiger partial charge on any atom is -0.452 e. The topological polar surface area (TPSA) is 55.4 Å². The van der Waals surface area contributed by atoms with Crippen molar-refractivity contribution in [2.45, 2.75) is 30.1 Å². The van der Waals surface area contributed by atoms with E-state index in [1.165, 1.54) is 36.9 Å². The van der Waals surface area contributed by atoms with Crippen molar-refractivity contribution in [3.63, 3.8) is 0 Å². The van der Waals surface area contributed by atoms with Gasteiger partial charge in [0.25, 0.3) is 5.91 Å². The average molecular weight is 347 g/mol. The fraction of sp³-hybridized carbons (Fsp3) is 0.222. The Morgan fingerprint density at radius 1 is 1.08 bits per heavy atom. The Morgan fingerprint density at radius 3 is 2.46 bits per heavy atom. The molecular weight excluding hydrogens is 329 g/mol. The molecule has 126 valence electrons. The summed E-state index contributed by atoms with van der Waals surface area (Å²) in [6.45, 7) is 3.20. The number of benzene rings is 2. The fourth-order valence-corrected chi connectivity index (χ4v) is 2.76. The molecule has 1 N–H and O–H groups in total. The number of amides is 1. The minimum absolute atomic E-state index is 0.314. The quantitative estimate of drug-likeness (QED) is 0.636. The molecule has 2 aromatic carbocycles. The van der Waals surface area contributed by atoms with Gasteiger partial charge in [-0.2, -0.15) is 0 Å². The first kappa shape index (κ1) is 18.0. The van der Waals surface area contributed by atoms with Crippen LogP contribution in [-0.2, 0) is 14.3 Å². The normalized spacial score (nSPS) is 13.0. The van der Waals surface area contributed by atoms with Gasteiger partial charge in [-0.15, -0.1) is 11.8 Å². The molecule has 0 aliphatic rings. The van der Waals surface area contributed by atoms with Crippen LogP contribution in [0.1, 0.15) is 13.8 Å². The van der Waals surface area contributed by atoms with E-state index in [2.05, 4.69) is 5.32 Å². The van der Waals surface area contributed by atoms with E-state index in [1.54, 1.807) is 13.0 Å². The summed E-state index contributed by atoms with van der Waals surface area (Å²) in [6.07, 6.45) is -0.973. The Morgan fingerprint density at radius 2 is 1.79 bits per heavy atom. The molecule has 0 heterocycles. The van der Waals surface area contributed by atoms with Crippen LogP contribution in [0.15, 0.2) is 59.5 Å². The number of nitrogens with one attached hydrogen (secondary N) is 1. The molecule has 24 heavy (non-hydrogen) atoms. The SMILES string of the molecule is C[C@@H](OC(=O)[C@@H](C)Sc1ccccc1)C(=O)Nc1cccc(F)c1. The molecular formula is C18H18FNO3S. The largest absolute Gasteiger partial charge is 0.452 e. The summed E-state index contributed by atoms with van der Waals surface area (Å²) in [7, 11) is 0. The minimum atomic E-state index is -0.973. The molecule has 0 aliphatic carbocycles. The van der Waals surface area contributed by atoms with E-state index in [-0.39, 0.29) is 0 Å². The van der Waals surface area contributed by atoms with Gasteiger partial charge in [0.1, 0.15) is 11.1 Å². The van der Waals surface area contributed by atoms with Crippen molar-refractivity contribution in [3.8, 4) is 0 Å². The van der Waals surface area contributed by atoms with Crippen LogP contribution < -0.4 is 5.32 Å². The summed E-state index contributed by atoms with van der Waals surface area (Å²) >= 11 is 1.36. The first-order chi connectivity index (χ1) is 11.5. The van der Waals surface area contributed by atoms with Gasteiger partial charge in [0.15, 0.2) is 6.10 Å². The molecule has 2 aromatic rings. The van der Waals surface area contributed by atoms with Crippen molar-refractivity contribution in [1.82, 2.24) is 0 Å². The van der Waals surface area contributed by atoms with E-state index >= 15 is 0 Å². The molecule has 1 amide bonds. The second kappa shape index (κ2) is 8.49. The number of carbonyl (C=O) groups is 2. The summed E-state index contributed by atoms with van der Waals surface area (Å²) in [4.78, 5) is 25.1. The first-order valence-corrected chi connectivity index (χ1v) is 8.32. The lowest BCUT2D eigenvalue weighted by atomic mass is 10.3. The highest BCUT2D eigenvalue weighted by Crippen LogP contribution is 2.23. The summed E-state index contributed by atoms with van der Waals surface area (Å²) in [6, 6.07) is 15.0. The van der Waals surface area contributed by atoms with Crippen LogP contribution in [0.4, 0.5) is 10.1 Å². The smallest absolute Gasteiger partial charge is 0.319 e. The van der Waals surface area contributed by atoms with Gasteiger partial charge in [-0.3, -0.25) is 9.59 Å². The number of esters is 1. The second-order valence-corrected chi connectivity index (χ2v) is 6.57. The fourth-order valence-electron chi connectivity index (χ4n) is 1.88. The number of thioether (sulfide) groups is 1. The van der Waals surface area contributed by atoms with Gasteiger partial charge < -0.3 is 10.1 Å². The number of hydrogen-bond donors (Lipinski definition) is 1. The summed E-state index contributed by atoms with van der Waals surface area (Å²) in [5.74, 6) is -1.44. The molecule has 0 aromatic heterocycles. The molecule has 2 atom stereocenters. The maximum atomic E-state index is 13.1. The monoisotopic (exact) mass is 347 g/mol. The molecule has 2 rings (SSSR count). The highest BCUT2D eigenvalue weighted by molar-refractivity contribution is 8.00. The highest BCUT2D eigenvalue weighted by atomic mass is 32.2. The Kier molecular flexibility index (Phi) is 6.37. The van der Waals surface area contributed by atoms with Crippen molar-refractivity contribution in [2.24, 2.45) is 0 Å². The predicted molar refractivity (Wildman–Crippen MR) is 92.3 cm³/mol. The number of hydrogen-bond acceptors (Lipinski definition) is 4. The second-order valence-electron chi connectivity index (χ2n) is 5.15. The van der Waals surface area contributed by atoms with Gasteiger partial charge >= 0.3 is 5.97 Å².